The number of benzene rings is 2. The molecule has 0 aliphatic rings. The summed E-state index contributed by atoms with van der Waals surface area (Å²) in [6.07, 6.45) is 0. The molecule has 108 valence electrons. The molecule has 0 unspecified atom stereocenters. The summed E-state index contributed by atoms with van der Waals surface area (Å²) in [4.78, 5) is 20.9. The Hall–Kier alpha value is -2.67. The molecule has 0 bridgehead atoms. The van der Waals surface area contributed by atoms with Gasteiger partial charge in [-0.25, -0.2) is 9.18 Å². The van der Waals surface area contributed by atoms with Gasteiger partial charge >= 0.3 is 11.7 Å². The van der Waals surface area contributed by atoms with E-state index in [1.54, 1.807) is 0 Å². The van der Waals surface area contributed by atoms with Crippen molar-refractivity contribution in [2.75, 3.05) is 0 Å². The molecule has 0 amide bonds. The topological polar surface area (TPSA) is 89.7 Å². The van der Waals surface area contributed by atoms with Crippen molar-refractivity contribution in [3.05, 3.63) is 62.9 Å². The van der Waals surface area contributed by atoms with Crippen molar-refractivity contribution in [1.29, 1.82) is 0 Å². The molecule has 0 aliphatic heterocycles. The Morgan fingerprint density at radius 2 is 2.05 bits per heavy atom. The first-order chi connectivity index (χ1) is 9.90. The van der Waals surface area contributed by atoms with Crippen LogP contribution in [-0.2, 0) is 0 Å². The second-order valence-corrected chi connectivity index (χ2v) is 4.30. The van der Waals surface area contributed by atoms with Crippen LogP contribution in [0, 0.1) is 15.9 Å². The largest absolute Gasteiger partial charge is 0.478 e. The fourth-order valence-electron chi connectivity index (χ4n) is 1.59. The molecule has 0 heterocycles. The Morgan fingerprint density at radius 1 is 1.33 bits per heavy atom. The summed E-state index contributed by atoms with van der Waals surface area (Å²) in [5.41, 5.74) is -0.916. The number of nitrogens with zero attached hydrogens (tertiary/aromatic N) is 1. The summed E-state index contributed by atoms with van der Waals surface area (Å²) >= 11 is 5.83. The van der Waals surface area contributed by atoms with Gasteiger partial charge in [0, 0.05) is 12.1 Å². The van der Waals surface area contributed by atoms with Crippen LogP contribution in [-0.4, -0.2) is 16.0 Å². The molecule has 0 saturated heterocycles. The van der Waals surface area contributed by atoms with Gasteiger partial charge in [-0.05, 0) is 18.2 Å². The predicted molar refractivity (Wildman–Crippen MR) is 71.5 cm³/mol. The minimum absolute atomic E-state index is 0.0214. The van der Waals surface area contributed by atoms with Crippen LogP contribution in [0.1, 0.15) is 10.4 Å². The standard InChI is InChI=1S/C13H7ClFNO5/c14-9-2-1-3-11(16(19)20)12(9)21-7-4-5-8(13(17)18)10(15)6-7/h1-6H,(H,17,18). The predicted octanol–water partition coefficient (Wildman–Crippen LogP) is 3.88. The molecule has 2 aromatic carbocycles. The summed E-state index contributed by atoms with van der Waals surface area (Å²) in [5, 5.41) is 19.6. The molecule has 2 rings (SSSR count). The minimum Gasteiger partial charge on any atom is -0.478 e. The smallest absolute Gasteiger partial charge is 0.338 e. The monoisotopic (exact) mass is 311 g/mol. The van der Waals surface area contributed by atoms with Crippen molar-refractivity contribution in [3.63, 3.8) is 0 Å². The summed E-state index contributed by atoms with van der Waals surface area (Å²) in [7, 11) is 0. The molecule has 21 heavy (non-hydrogen) atoms. The van der Waals surface area contributed by atoms with Gasteiger partial charge in [0.25, 0.3) is 0 Å². The van der Waals surface area contributed by atoms with Crippen LogP contribution in [0.4, 0.5) is 10.1 Å². The number of carbonyl (C=O) groups is 1. The Labute approximate surface area is 122 Å². The van der Waals surface area contributed by atoms with Crippen molar-refractivity contribution < 1.29 is 24.0 Å². The van der Waals surface area contributed by atoms with Gasteiger partial charge in [0.1, 0.15) is 11.6 Å². The molecule has 2 aromatic rings. The Balaban J connectivity index is 2.41. The van der Waals surface area contributed by atoms with Gasteiger partial charge in [0.15, 0.2) is 0 Å². The highest BCUT2D eigenvalue weighted by Gasteiger charge is 2.20. The van der Waals surface area contributed by atoms with Crippen LogP contribution < -0.4 is 4.74 Å². The third kappa shape index (κ3) is 3.09. The highest BCUT2D eigenvalue weighted by atomic mass is 35.5. The van der Waals surface area contributed by atoms with E-state index in [9.17, 15) is 19.3 Å². The number of aromatic carboxylic acids is 1. The van der Waals surface area contributed by atoms with Gasteiger partial charge in [-0.3, -0.25) is 10.1 Å². The first-order valence-electron chi connectivity index (χ1n) is 5.53. The lowest BCUT2D eigenvalue weighted by atomic mass is 10.2. The zero-order valence-electron chi connectivity index (χ0n) is 10.2. The quantitative estimate of drug-likeness (QED) is 0.683. The lowest BCUT2D eigenvalue weighted by molar-refractivity contribution is -0.385. The SMILES string of the molecule is O=C(O)c1ccc(Oc2c(Cl)cccc2[N+](=O)[O-])cc1F. The Bertz CT molecular complexity index is 734. The van der Waals surface area contributed by atoms with Crippen LogP contribution in [0.2, 0.25) is 5.02 Å². The Morgan fingerprint density at radius 3 is 2.62 bits per heavy atom. The number of carboxylic acids is 1. The molecule has 0 saturated carbocycles. The van der Waals surface area contributed by atoms with E-state index in [4.69, 9.17) is 21.4 Å². The van der Waals surface area contributed by atoms with Crippen LogP contribution in [0.15, 0.2) is 36.4 Å². The number of hydrogen-bond donors (Lipinski definition) is 1. The molecule has 8 heteroatoms. The van der Waals surface area contributed by atoms with Crippen LogP contribution in [0.5, 0.6) is 11.5 Å². The maximum atomic E-state index is 13.5. The molecule has 6 nitrogen and oxygen atoms in total. The number of ether oxygens (including phenoxy) is 1. The van der Waals surface area contributed by atoms with Crippen LogP contribution in [0.25, 0.3) is 0 Å². The van der Waals surface area contributed by atoms with E-state index in [2.05, 4.69) is 0 Å². The molecule has 0 spiro atoms. The fraction of sp³-hybridized carbons (Fsp3) is 0. The number of hydrogen-bond acceptors (Lipinski definition) is 4. The van der Waals surface area contributed by atoms with Gasteiger partial charge in [-0.15, -0.1) is 0 Å². The van der Waals surface area contributed by atoms with Gasteiger partial charge in [0.2, 0.25) is 5.75 Å². The maximum absolute atomic E-state index is 13.5. The van der Waals surface area contributed by atoms with Crippen molar-refractivity contribution in [3.8, 4) is 11.5 Å². The molecule has 0 aromatic heterocycles. The van der Waals surface area contributed by atoms with Crippen molar-refractivity contribution in [2.24, 2.45) is 0 Å². The Kier molecular flexibility index (Phi) is 4.04. The number of halogens is 2. The molecular formula is C13H7ClFNO5. The highest BCUT2D eigenvalue weighted by molar-refractivity contribution is 6.32. The van der Waals surface area contributed by atoms with Crippen molar-refractivity contribution in [2.45, 2.75) is 0 Å². The number of para-hydroxylation sites is 1. The maximum Gasteiger partial charge on any atom is 0.338 e. The molecular weight excluding hydrogens is 305 g/mol. The zero-order chi connectivity index (χ0) is 15.6. The number of nitro benzene ring substituents is 1. The number of rotatable bonds is 4. The highest BCUT2D eigenvalue weighted by Crippen LogP contribution is 2.37. The van der Waals surface area contributed by atoms with Crippen molar-refractivity contribution >= 4 is 23.3 Å². The molecule has 0 atom stereocenters. The van der Waals surface area contributed by atoms with E-state index in [0.29, 0.717) is 0 Å². The molecule has 0 aliphatic carbocycles. The third-order valence-electron chi connectivity index (χ3n) is 2.53. The van der Waals surface area contributed by atoms with E-state index < -0.39 is 22.3 Å². The average molecular weight is 312 g/mol. The lowest BCUT2D eigenvalue weighted by Gasteiger charge is -2.08. The normalized spacial score (nSPS) is 10.2. The molecule has 0 radical (unpaired) electrons. The van der Waals surface area contributed by atoms with Gasteiger partial charge in [-0.1, -0.05) is 17.7 Å². The number of carboxylic acid groups (broad SMARTS) is 1. The second kappa shape index (κ2) is 5.76. The van der Waals surface area contributed by atoms with Crippen LogP contribution in [0.3, 0.4) is 0 Å². The van der Waals surface area contributed by atoms with E-state index in [0.717, 1.165) is 12.1 Å². The average Bonchev–Trinajstić information content (AvgIpc) is 2.40. The van der Waals surface area contributed by atoms with Crippen molar-refractivity contribution in [1.82, 2.24) is 0 Å². The van der Waals surface area contributed by atoms with E-state index in [1.165, 1.54) is 24.3 Å². The first-order valence-corrected chi connectivity index (χ1v) is 5.91. The van der Waals surface area contributed by atoms with Gasteiger partial charge < -0.3 is 9.84 Å². The zero-order valence-corrected chi connectivity index (χ0v) is 11.0. The molecule has 1 N–H and O–H groups in total. The fourth-order valence-corrected chi connectivity index (χ4v) is 1.80. The lowest BCUT2D eigenvalue weighted by Crippen LogP contribution is -2.00. The third-order valence-corrected chi connectivity index (χ3v) is 2.83. The minimum atomic E-state index is -1.43. The van der Waals surface area contributed by atoms with E-state index in [1.807, 2.05) is 0 Å². The summed E-state index contributed by atoms with van der Waals surface area (Å²) in [6.45, 7) is 0. The van der Waals surface area contributed by atoms with E-state index in [-0.39, 0.29) is 22.2 Å². The number of nitro groups is 1. The summed E-state index contributed by atoms with van der Waals surface area (Å²) < 4.78 is 18.7. The van der Waals surface area contributed by atoms with E-state index >= 15 is 0 Å². The first kappa shape index (κ1) is 14.7. The van der Waals surface area contributed by atoms with Crippen LogP contribution >= 0.6 is 11.6 Å². The second-order valence-electron chi connectivity index (χ2n) is 3.89. The summed E-state index contributed by atoms with van der Waals surface area (Å²) in [6, 6.07) is 6.93. The van der Waals surface area contributed by atoms with Gasteiger partial charge in [-0.2, -0.15) is 0 Å². The van der Waals surface area contributed by atoms with Gasteiger partial charge in [0.05, 0.1) is 15.5 Å². The summed E-state index contributed by atoms with van der Waals surface area (Å²) in [5.74, 6) is -2.79. The molecule has 0 fully saturated rings.